The van der Waals surface area contributed by atoms with Crippen molar-refractivity contribution in [1.82, 2.24) is 15.1 Å². The van der Waals surface area contributed by atoms with E-state index >= 15 is 0 Å². The lowest BCUT2D eigenvalue weighted by molar-refractivity contribution is 0.149. The Balaban J connectivity index is 1.98. The summed E-state index contributed by atoms with van der Waals surface area (Å²) in [6.07, 6.45) is 2.44. The maximum absolute atomic E-state index is 9.07. The Hall–Kier alpha value is -0.870. The molecule has 1 aliphatic heterocycles. The predicted molar refractivity (Wildman–Crippen MR) is 72.4 cm³/mol. The van der Waals surface area contributed by atoms with Gasteiger partial charge in [0, 0.05) is 19.0 Å². The number of nitrogens with zero attached hydrogens (tertiary/aromatic N) is 2. The third-order valence-electron chi connectivity index (χ3n) is 3.44. The molecular weight excluding hydrogens is 226 g/mol. The fourth-order valence-corrected chi connectivity index (χ4v) is 2.78. The van der Waals surface area contributed by atoms with Gasteiger partial charge in [-0.2, -0.15) is 5.10 Å². The van der Waals surface area contributed by atoms with Crippen molar-refractivity contribution in [3.8, 4) is 0 Å². The first-order valence-electron chi connectivity index (χ1n) is 6.85. The van der Waals surface area contributed by atoms with Gasteiger partial charge in [-0.1, -0.05) is 20.8 Å². The van der Waals surface area contributed by atoms with Crippen molar-refractivity contribution in [1.29, 1.82) is 0 Å². The Morgan fingerprint density at radius 2 is 2.28 bits per heavy atom. The third-order valence-corrected chi connectivity index (χ3v) is 3.44. The molecule has 1 aromatic rings. The molecule has 0 spiro atoms. The fourth-order valence-electron chi connectivity index (χ4n) is 2.78. The summed E-state index contributed by atoms with van der Waals surface area (Å²) < 4.78 is 0. The van der Waals surface area contributed by atoms with Crippen molar-refractivity contribution < 1.29 is 5.11 Å². The van der Waals surface area contributed by atoms with Gasteiger partial charge in [0.15, 0.2) is 0 Å². The Morgan fingerprint density at radius 1 is 1.50 bits per heavy atom. The van der Waals surface area contributed by atoms with Gasteiger partial charge in [-0.05, 0) is 30.9 Å². The monoisotopic (exact) mass is 251 g/mol. The quantitative estimate of drug-likeness (QED) is 0.865. The average Bonchev–Trinajstić information content (AvgIpc) is 2.75. The zero-order chi connectivity index (χ0) is 13.2. The highest BCUT2D eigenvalue weighted by atomic mass is 16.3. The van der Waals surface area contributed by atoms with Crippen molar-refractivity contribution >= 4 is 0 Å². The second-order valence-electron chi connectivity index (χ2n) is 6.61. The number of aromatic nitrogens is 2. The summed E-state index contributed by atoms with van der Waals surface area (Å²) >= 11 is 0. The standard InChI is InChI=1S/C14H25N3O/c1-14(2,3)10-17-6-4-5-11(8-17)13-7-12(9-18)15-16-13/h7,11,18H,4-6,8-10H2,1-3H3,(H,15,16). The van der Waals surface area contributed by atoms with Crippen molar-refractivity contribution in [3.63, 3.8) is 0 Å². The Morgan fingerprint density at radius 3 is 2.89 bits per heavy atom. The van der Waals surface area contributed by atoms with Gasteiger partial charge in [0.25, 0.3) is 0 Å². The number of nitrogens with one attached hydrogen (secondary N) is 1. The lowest BCUT2D eigenvalue weighted by Crippen LogP contribution is -2.39. The van der Waals surface area contributed by atoms with E-state index in [4.69, 9.17) is 5.11 Å². The van der Waals surface area contributed by atoms with E-state index < -0.39 is 0 Å². The molecule has 1 saturated heterocycles. The number of rotatable bonds is 3. The van der Waals surface area contributed by atoms with Crippen molar-refractivity contribution in [2.75, 3.05) is 19.6 Å². The highest BCUT2D eigenvalue weighted by Gasteiger charge is 2.25. The molecule has 4 nitrogen and oxygen atoms in total. The Labute approximate surface area is 109 Å². The molecule has 102 valence electrons. The van der Waals surface area contributed by atoms with Gasteiger partial charge in [0.05, 0.1) is 18.0 Å². The lowest BCUT2D eigenvalue weighted by atomic mass is 9.91. The fraction of sp³-hybridized carbons (Fsp3) is 0.786. The smallest absolute Gasteiger partial charge is 0.0847 e. The van der Waals surface area contributed by atoms with Crippen molar-refractivity contribution in [3.05, 3.63) is 17.5 Å². The first-order chi connectivity index (χ1) is 8.48. The second kappa shape index (κ2) is 5.41. The van der Waals surface area contributed by atoms with Crippen molar-refractivity contribution in [2.24, 2.45) is 5.41 Å². The molecule has 4 heteroatoms. The highest BCUT2D eigenvalue weighted by Crippen LogP contribution is 2.28. The first kappa shape index (κ1) is 13.6. The van der Waals surface area contributed by atoms with E-state index in [9.17, 15) is 0 Å². The Kier molecular flexibility index (Phi) is 4.07. The predicted octanol–water partition coefficient (Wildman–Crippen LogP) is 2.13. The summed E-state index contributed by atoms with van der Waals surface area (Å²) in [5.74, 6) is 0.512. The van der Waals surface area contributed by atoms with Crippen LogP contribution in [-0.2, 0) is 6.61 Å². The number of hydrogen-bond donors (Lipinski definition) is 2. The number of aliphatic hydroxyl groups is 1. The minimum absolute atomic E-state index is 0.0470. The largest absolute Gasteiger partial charge is 0.390 e. The highest BCUT2D eigenvalue weighted by molar-refractivity contribution is 5.13. The van der Waals surface area contributed by atoms with E-state index in [0.717, 1.165) is 24.5 Å². The maximum Gasteiger partial charge on any atom is 0.0847 e. The number of H-pyrrole nitrogens is 1. The summed E-state index contributed by atoms with van der Waals surface area (Å²) in [6.45, 7) is 10.3. The molecule has 1 atom stereocenters. The van der Waals surface area contributed by atoms with Crippen LogP contribution in [0.1, 0.15) is 50.9 Å². The van der Waals surface area contributed by atoms with E-state index in [0.29, 0.717) is 11.3 Å². The van der Waals surface area contributed by atoms with Gasteiger partial charge >= 0.3 is 0 Å². The summed E-state index contributed by atoms with van der Waals surface area (Å²) in [7, 11) is 0. The van der Waals surface area contributed by atoms with E-state index in [1.807, 2.05) is 6.07 Å². The molecule has 0 amide bonds. The van der Waals surface area contributed by atoms with Gasteiger partial charge < -0.3 is 10.0 Å². The van der Waals surface area contributed by atoms with E-state index in [-0.39, 0.29) is 6.61 Å². The van der Waals surface area contributed by atoms with Crippen LogP contribution in [0.15, 0.2) is 6.07 Å². The molecule has 2 heterocycles. The molecule has 0 bridgehead atoms. The third kappa shape index (κ3) is 3.56. The molecule has 2 N–H and O–H groups in total. The minimum Gasteiger partial charge on any atom is -0.390 e. The molecule has 1 fully saturated rings. The summed E-state index contributed by atoms with van der Waals surface area (Å²) in [6, 6.07) is 2.01. The molecule has 0 aliphatic carbocycles. The van der Waals surface area contributed by atoms with Crippen LogP contribution < -0.4 is 0 Å². The summed E-state index contributed by atoms with van der Waals surface area (Å²) in [4.78, 5) is 2.54. The summed E-state index contributed by atoms with van der Waals surface area (Å²) in [5.41, 5.74) is 2.28. The van der Waals surface area contributed by atoms with E-state index in [1.165, 1.54) is 19.4 Å². The van der Waals surface area contributed by atoms with Crippen LogP contribution in [0.2, 0.25) is 0 Å². The van der Waals surface area contributed by atoms with Crippen LogP contribution >= 0.6 is 0 Å². The van der Waals surface area contributed by atoms with E-state index in [2.05, 4.69) is 35.9 Å². The molecule has 0 saturated carbocycles. The van der Waals surface area contributed by atoms with Gasteiger partial charge in [0.1, 0.15) is 0 Å². The number of aliphatic hydroxyl groups excluding tert-OH is 1. The van der Waals surface area contributed by atoms with Gasteiger partial charge in [-0.25, -0.2) is 0 Å². The van der Waals surface area contributed by atoms with Crippen LogP contribution in [0, 0.1) is 5.41 Å². The summed E-state index contributed by atoms with van der Waals surface area (Å²) in [5, 5.41) is 16.3. The number of likely N-dealkylation sites (tertiary alicyclic amines) is 1. The molecule has 1 unspecified atom stereocenters. The zero-order valence-electron chi connectivity index (χ0n) is 11.7. The molecule has 1 aromatic heterocycles. The van der Waals surface area contributed by atoms with Crippen LogP contribution in [0.3, 0.4) is 0 Å². The molecular formula is C14H25N3O. The van der Waals surface area contributed by atoms with Crippen LogP contribution in [0.25, 0.3) is 0 Å². The second-order valence-corrected chi connectivity index (χ2v) is 6.61. The number of aromatic amines is 1. The normalized spacial score (nSPS) is 22.3. The maximum atomic E-state index is 9.07. The lowest BCUT2D eigenvalue weighted by Gasteiger charge is -2.36. The first-order valence-corrected chi connectivity index (χ1v) is 6.85. The average molecular weight is 251 g/mol. The van der Waals surface area contributed by atoms with Crippen LogP contribution in [-0.4, -0.2) is 39.8 Å². The Bertz CT molecular complexity index is 381. The van der Waals surface area contributed by atoms with Crippen LogP contribution in [0.4, 0.5) is 0 Å². The number of hydrogen-bond acceptors (Lipinski definition) is 3. The van der Waals surface area contributed by atoms with E-state index in [1.54, 1.807) is 0 Å². The molecule has 18 heavy (non-hydrogen) atoms. The van der Waals surface area contributed by atoms with Crippen molar-refractivity contribution in [2.45, 2.75) is 46.1 Å². The topological polar surface area (TPSA) is 52.1 Å². The van der Waals surface area contributed by atoms with Gasteiger partial charge in [-0.3, -0.25) is 5.10 Å². The SMILES string of the molecule is CC(C)(C)CN1CCCC(c2cc(CO)[nH]n2)C1. The number of piperidine rings is 1. The molecule has 2 rings (SSSR count). The molecule has 0 aromatic carbocycles. The van der Waals surface area contributed by atoms with Gasteiger partial charge in [0.2, 0.25) is 0 Å². The zero-order valence-corrected chi connectivity index (χ0v) is 11.7. The van der Waals surface area contributed by atoms with Gasteiger partial charge in [-0.15, -0.1) is 0 Å². The molecule has 0 radical (unpaired) electrons. The minimum atomic E-state index is 0.0470. The van der Waals surface area contributed by atoms with Crippen LogP contribution in [0.5, 0.6) is 0 Å². The molecule has 1 aliphatic rings.